The van der Waals surface area contributed by atoms with Gasteiger partial charge < -0.3 is 14.6 Å². The Morgan fingerprint density at radius 3 is 2.54 bits per heavy atom. The van der Waals surface area contributed by atoms with Crippen molar-refractivity contribution in [3.8, 4) is 22.6 Å². The first-order chi connectivity index (χ1) is 17.8. The number of carboxylic acids is 1. The van der Waals surface area contributed by atoms with Crippen LogP contribution in [0, 0.1) is 5.41 Å². The predicted octanol–water partition coefficient (Wildman–Crippen LogP) is 8.59. The van der Waals surface area contributed by atoms with E-state index in [2.05, 4.69) is 57.2 Å². The fourth-order valence-corrected chi connectivity index (χ4v) is 5.92. The Morgan fingerprint density at radius 1 is 1.05 bits per heavy atom. The van der Waals surface area contributed by atoms with E-state index in [-0.39, 0.29) is 17.8 Å². The van der Waals surface area contributed by atoms with E-state index in [1.165, 1.54) is 36.0 Å². The van der Waals surface area contributed by atoms with Crippen molar-refractivity contribution in [1.82, 2.24) is 0 Å². The topological polar surface area (TPSA) is 55.8 Å². The number of carboxylic acid groups (broad SMARTS) is 1. The Bertz CT molecular complexity index is 1210. The summed E-state index contributed by atoms with van der Waals surface area (Å²) in [5, 5.41) is 9.34. The molecule has 4 nitrogen and oxygen atoms in total. The first kappa shape index (κ1) is 26.8. The summed E-state index contributed by atoms with van der Waals surface area (Å²) in [6.45, 7) is 7.34. The summed E-state index contributed by atoms with van der Waals surface area (Å²) < 4.78 is 11.8. The predicted molar refractivity (Wildman–Crippen MR) is 149 cm³/mol. The van der Waals surface area contributed by atoms with Crippen LogP contribution in [0.1, 0.15) is 87.8 Å². The largest absolute Gasteiger partial charge is 0.497 e. The van der Waals surface area contributed by atoms with Crippen LogP contribution in [0.2, 0.25) is 0 Å². The fourth-order valence-electron chi connectivity index (χ4n) is 5.92. The maximum Gasteiger partial charge on any atom is 0.303 e. The highest BCUT2D eigenvalue weighted by atomic mass is 16.5. The van der Waals surface area contributed by atoms with Gasteiger partial charge in [-0.15, -0.1) is 0 Å². The zero-order chi connectivity index (χ0) is 26.4. The Balaban J connectivity index is 1.60. The highest BCUT2D eigenvalue weighted by molar-refractivity contribution is 5.70. The summed E-state index contributed by atoms with van der Waals surface area (Å²) in [6.07, 6.45) is 5.61. The van der Waals surface area contributed by atoms with Crippen molar-refractivity contribution in [2.24, 2.45) is 5.41 Å². The van der Waals surface area contributed by atoms with Gasteiger partial charge in [-0.1, -0.05) is 76.1 Å². The second-order valence-corrected chi connectivity index (χ2v) is 11.0. The molecule has 1 N–H and O–H groups in total. The fraction of sp³-hybridized carbons (Fsp3) is 0.424. The number of rotatable bonds is 11. The van der Waals surface area contributed by atoms with E-state index in [9.17, 15) is 9.90 Å². The van der Waals surface area contributed by atoms with Crippen LogP contribution < -0.4 is 9.47 Å². The highest BCUT2D eigenvalue weighted by Crippen LogP contribution is 2.51. The Hall–Kier alpha value is -3.27. The van der Waals surface area contributed by atoms with Gasteiger partial charge in [0.25, 0.3) is 0 Å². The molecule has 1 saturated carbocycles. The van der Waals surface area contributed by atoms with Crippen molar-refractivity contribution in [2.45, 2.75) is 77.7 Å². The average molecular weight is 501 g/mol. The van der Waals surface area contributed by atoms with Crippen molar-refractivity contribution >= 4 is 5.97 Å². The number of benzene rings is 3. The lowest BCUT2D eigenvalue weighted by molar-refractivity contribution is -0.137. The summed E-state index contributed by atoms with van der Waals surface area (Å²) in [5.41, 5.74) is 6.25. The third-order valence-electron chi connectivity index (χ3n) is 7.92. The summed E-state index contributed by atoms with van der Waals surface area (Å²) in [4.78, 5) is 11.4. The van der Waals surface area contributed by atoms with Gasteiger partial charge in [0, 0.05) is 0 Å². The molecule has 37 heavy (non-hydrogen) atoms. The number of ether oxygens (including phenoxy) is 2. The van der Waals surface area contributed by atoms with E-state index in [0.717, 1.165) is 35.5 Å². The van der Waals surface area contributed by atoms with Crippen LogP contribution in [0.4, 0.5) is 0 Å². The van der Waals surface area contributed by atoms with Gasteiger partial charge in [-0.25, -0.2) is 0 Å². The Kier molecular flexibility index (Phi) is 8.58. The van der Waals surface area contributed by atoms with Gasteiger partial charge in [0.05, 0.1) is 13.5 Å². The SMILES string of the molecule is CCC[C@H](CC(=O)O)c1cccc(OCc2ccc(-c3cccc(OC)c3)c([C@H]3CCCC3(C)C)c2)c1. The van der Waals surface area contributed by atoms with E-state index in [1.807, 2.05) is 30.3 Å². The van der Waals surface area contributed by atoms with Crippen LogP contribution in [-0.4, -0.2) is 18.2 Å². The lowest BCUT2D eigenvalue weighted by Crippen LogP contribution is -2.16. The molecular formula is C33H40O4. The smallest absolute Gasteiger partial charge is 0.303 e. The number of carbonyl (C=O) groups is 1. The van der Waals surface area contributed by atoms with Crippen LogP contribution in [0.5, 0.6) is 11.5 Å². The van der Waals surface area contributed by atoms with Crippen LogP contribution in [-0.2, 0) is 11.4 Å². The first-order valence-corrected chi connectivity index (χ1v) is 13.5. The normalized spacial score (nSPS) is 17.4. The molecule has 0 radical (unpaired) electrons. The number of methoxy groups -OCH3 is 1. The summed E-state index contributed by atoms with van der Waals surface area (Å²) in [5.74, 6) is 1.38. The quantitative estimate of drug-likeness (QED) is 0.286. The molecule has 4 heteroatoms. The molecular weight excluding hydrogens is 460 g/mol. The zero-order valence-electron chi connectivity index (χ0n) is 22.6. The Labute approximate surface area is 221 Å². The van der Waals surface area contributed by atoms with Crippen molar-refractivity contribution in [2.75, 3.05) is 7.11 Å². The maximum atomic E-state index is 11.4. The number of hydrogen-bond donors (Lipinski definition) is 1. The van der Waals surface area contributed by atoms with E-state index in [0.29, 0.717) is 12.5 Å². The van der Waals surface area contributed by atoms with Crippen molar-refractivity contribution in [3.05, 3.63) is 83.4 Å². The standard InChI is InChI=1S/C33H40O4/c1-5-9-24(21-32(34)35)25-10-6-13-28(19-25)37-22-23-15-16-29(26-11-7-12-27(20-26)36-4)30(18-23)31-14-8-17-33(31,2)3/h6-7,10-13,15-16,18-20,24,31H,5,8-9,14,17,21-22H2,1-4H3,(H,34,35)/t24-,31-/m1/s1. The van der Waals surface area contributed by atoms with Gasteiger partial charge in [-0.05, 0) is 88.6 Å². The van der Waals surface area contributed by atoms with Crippen molar-refractivity contribution in [1.29, 1.82) is 0 Å². The lowest BCUT2D eigenvalue weighted by atomic mass is 9.75. The molecule has 196 valence electrons. The third-order valence-corrected chi connectivity index (χ3v) is 7.92. The molecule has 1 aliphatic rings. The van der Waals surface area contributed by atoms with E-state index in [4.69, 9.17) is 9.47 Å². The third kappa shape index (κ3) is 6.54. The second-order valence-electron chi connectivity index (χ2n) is 11.0. The molecule has 1 fully saturated rings. The monoisotopic (exact) mass is 500 g/mol. The van der Waals surface area contributed by atoms with Gasteiger partial charge in [0.2, 0.25) is 0 Å². The van der Waals surface area contributed by atoms with Crippen molar-refractivity contribution in [3.63, 3.8) is 0 Å². The molecule has 0 aliphatic heterocycles. The van der Waals surface area contributed by atoms with Crippen molar-refractivity contribution < 1.29 is 19.4 Å². The molecule has 0 heterocycles. The van der Waals surface area contributed by atoms with Crippen LogP contribution in [0.15, 0.2) is 66.7 Å². The molecule has 3 aromatic carbocycles. The maximum absolute atomic E-state index is 11.4. The zero-order valence-corrected chi connectivity index (χ0v) is 22.6. The van der Waals surface area contributed by atoms with Gasteiger partial charge in [0.1, 0.15) is 18.1 Å². The molecule has 0 spiro atoms. The van der Waals surface area contributed by atoms with Crippen LogP contribution in [0.25, 0.3) is 11.1 Å². The van der Waals surface area contributed by atoms with Crippen LogP contribution in [0.3, 0.4) is 0 Å². The minimum atomic E-state index is -0.761. The molecule has 0 bridgehead atoms. The molecule has 0 unspecified atom stereocenters. The summed E-state index contributed by atoms with van der Waals surface area (Å²) in [6, 6.07) is 23.0. The van der Waals surface area contributed by atoms with E-state index < -0.39 is 5.97 Å². The molecule has 0 saturated heterocycles. The van der Waals surface area contributed by atoms with Gasteiger partial charge in [-0.3, -0.25) is 4.79 Å². The molecule has 4 rings (SSSR count). The van der Waals surface area contributed by atoms with Gasteiger partial charge in [0.15, 0.2) is 0 Å². The average Bonchev–Trinajstić information content (AvgIpc) is 3.25. The molecule has 0 aromatic heterocycles. The Morgan fingerprint density at radius 2 is 1.84 bits per heavy atom. The van der Waals surface area contributed by atoms with E-state index >= 15 is 0 Å². The van der Waals surface area contributed by atoms with Crippen LogP contribution >= 0.6 is 0 Å². The summed E-state index contributed by atoms with van der Waals surface area (Å²) >= 11 is 0. The minimum Gasteiger partial charge on any atom is -0.497 e. The number of hydrogen-bond acceptors (Lipinski definition) is 3. The highest BCUT2D eigenvalue weighted by Gasteiger charge is 2.36. The minimum absolute atomic E-state index is 0.00407. The number of aliphatic carboxylic acids is 1. The second kappa shape index (κ2) is 11.9. The summed E-state index contributed by atoms with van der Waals surface area (Å²) in [7, 11) is 1.71. The van der Waals surface area contributed by atoms with Gasteiger partial charge >= 0.3 is 5.97 Å². The lowest BCUT2D eigenvalue weighted by Gasteiger charge is -2.30. The van der Waals surface area contributed by atoms with Gasteiger partial charge in [-0.2, -0.15) is 0 Å². The van der Waals surface area contributed by atoms with E-state index in [1.54, 1.807) is 7.11 Å². The first-order valence-electron chi connectivity index (χ1n) is 13.5. The molecule has 1 aliphatic carbocycles. The molecule has 2 atom stereocenters. The molecule has 3 aromatic rings. The molecule has 0 amide bonds.